The van der Waals surface area contributed by atoms with Crippen molar-refractivity contribution in [1.29, 1.82) is 0 Å². The number of hydrogen-bond donors (Lipinski definition) is 3. The van der Waals surface area contributed by atoms with Gasteiger partial charge in [-0.3, -0.25) is 28.4 Å². The fourth-order valence-corrected chi connectivity index (χ4v) is 3.53. The van der Waals surface area contributed by atoms with Crippen LogP contribution in [0.4, 0.5) is 0 Å². The van der Waals surface area contributed by atoms with Crippen LogP contribution in [0.25, 0.3) is 0 Å². The third-order valence-corrected chi connectivity index (χ3v) is 5.51. The van der Waals surface area contributed by atoms with Gasteiger partial charge >= 0.3 is 31.2 Å². The molecule has 18 heteroatoms. The molecule has 180 valence electrons. The molecule has 30 heavy (non-hydrogen) atoms. The molecule has 1 saturated heterocycles. The van der Waals surface area contributed by atoms with Gasteiger partial charge in [0.25, 0.3) is 0 Å². The van der Waals surface area contributed by atoms with Crippen LogP contribution in [-0.4, -0.2) is 132 Å². The maximum Gasteiger partial charge on any atom is 0.397 e. The molecule has 15 nitrogen and oxygen atoms in total. The largest absolute Gasteiger partial charge is 0.397 e. The van der Waals surface area contributed by atoms with Gasteiger partial charge in [-0.15, -0.1) is 0 Å². The molecule has 0 radical (unpaired) electrons. The lowest BCUT2D eigenvalue weighted by Gasteiger charge is -2.25. The first-order valence-corrected chi connectivity index (χ1v) is 12.9. The molecular formula is C12H27N3O12S3. The Labute approximate surface area is 176 Å². The third kappa shape index (κ3) is 15.3. The molecule has 0 spiro atoms. The lowest BCUT2D eigenvalue weighted by Crippen LogP contribution is -2.39. The fourth-order valence-electron chi connectivity index (χ4n) is 2.67. The average Bonchev–Trinajstić information content (AvgIpc) is 2.64. The van der Waals surface area contributed by atoms with Crippen LogP contribution < -0.4 is 0 Å². The molecule has 1 aliphatic heterocycles. The van der Waals surface area contributed by atoms with Crippen molar-refractivity contribution in [1.82, 2.24) is 14.7 Å². The van der Waals surface area contributed by atoms with Crippen molar-refractivity contribution in [2.45, 2.75) is 0 Å². The minimum atomic E-state index is -4.56. The van der Waals surface area contributed by atoms with E-state index < -0.39 is 31.2 Å². The van der Waals surface area contributed by atoms with E-state index in [1.165, 1.54) is 0 Å². The summed E-state index contributed by atoms with van der Waals surface area (Å²) in [6, 6.07) is 0. The summed E-state index contributed by atoms with van der Waals surface area (Å²) >= 11 is 0. The molecule has 0 aliphatic carbocycles. The van der Waals surface area contributed by atoms with Crippen molar-refractivity contribution >= 4 is 31.2 Å². The van der Waals surface area contributed by atoms with Crippen molar-refractivity contribution < 1.29 is 51.5 Å². The lowest BCUT2D eigenvalue weighted by molar-refractivity contribution is 0.164. The first-order chi connectivity index (χ1) is 13.7. The summed E-state index contributed by atoms with van der Waals surface area (Å²) in [6.45, 7) is 2.40. The lowest BCUT2D eigenvalue weighted by atomic mass is 10.4. The molecule has 1 fully saturated rings. The molecule has 0 aromatic carbocycles. The Kier molecular flexibility index (Phi) is 11.5. The molecule has 0 unspecified atom stereocenters. The van der Waals surface area contributed by atoms with Crippen LogP contribution in [0.2, 0.25) is 0 Å². The van der Waals surface area contributed by atoms with Gasteiger partial charge in [0.05, 0.1) is 19.8 Å². The van der Waals surface area contributed by atoms with Gasteiger partial charge in [-0.1, -0.05) is 0 Å². The van der Waals surface area contributed by atoms with Gasteiger partial charge in [-0.25, -0.2) is 12.5 Å². The molecule has 1 aliphatic rings. The van der Waals surface area contributed by atoms with Gasteiger partial charge in [0.1, 0.15) is 0 Å². The first-order valence-electron chi connectivity index (χ1n) is 8.76. The van der Waals surface area contributed by atoms with Crippen molar-refractivity contribution in [3.8, 4) is 0 Å². The van der Waals surface area contributed by atoms with E-state index in [2.05, 4.69) is 12.5 Å². The van der Waals surface area contributed by atoms with Crippen LogP contribution in [0, 0.1) is 0 Å². The van der Waals surface area contributed by atoms with E-state index in [0.29, 0.717) is 39.3 Å². The summed E-state index contributed by atoms with van der Waals surface area (Å²) in [6.07, 6.45) is 0. The summed E-state index contributed by atoms with van der Waals surface area (Å²) in [5.41, 5.74) is 0. The van der Waals surface area contributed by atoms with Gasteiger partial charge in [0.2, 0.25) is 0 Å². The molecule has 3 N–H and O–H groups in total. The molecule has 0 aromatic rings. The second-order valence-corrected chi connectivity index (χ2v) is 9.55. The maximum atomic E-state index is 10.7. The van der Waals surface area contributed by atoms with Crippen LogP contribution in [0.15, 0.2) is 0 Å². The highest BCUT2D eigenvalue weighted by Gasteiger charge is 2.18. The minimum absolute atomic E-state index is 0.171. The van der Waals surface area contributed by atoms with Gasteiger partial charge in [0, 0.05) is 58.9 Å². The Morgan fingerprint density at radius 1 is 0.500 bits per heavy atom. The predicted molar refractivity (Wildman–Crippen MR) is 102 cm³/mol. The highest BCUT2D eigenvalue weighted by Crippen LogP contribution is 2.03. The normalized spacial score (nSPS) is 19.3. The standard InChI is InChI=1S/C12H27N3O12S3/c16-28(17,18)25-10-7-13-1-2-14(8-11-26-29(19,20)21)5-6-15(4-3-13)9-12-27-30(22,23)24/h1-12H2,(H,16,17,18)(H,19,20,21)(H,22,23,24). The summed E-state index contributed by atoms with van der Waals surface area (Å²) in [5, 5.41) is 0. The van der Waals surface area contributed by atoms with Crippen LogP contribution >= 0.6 is 0 Å². The summed E-state index contributed by atoms with van der Waals surface area (Å²) in [7, 11) is -13.7. The predicted octanol–water partition coefficient (Wildman–Crippen LogP) is -2.64. The zero-order valence-electron chi connectivity index (χ0n) is 16.1. The summed E-state index contributed by atoms with van der Waals surface area (Å²) in [5.74, 6) is 0. The zero-order chi connectivity index (χ0) is 22.8. The van der Waals surface area contributed by atoms with Crippen molar-refractivity contribution in [2.75, 3.05) is 78.7 Å². The van der Waals surface area contributed by atoms with E-state index in [0.717, 1.165) is 0 Å². The zero-order valence-corrected chi connectivity index (χ0v) is 18.5. The second-order valence-electron chi connectivity index (χ2n) is 6.27. The first kappa shape index (κ1) is 27.5. The van der Waals surface area contributed by atoms with Gasteiger partial charge in [0.15, 0.2) is 0 Å². The average molecular weight is 502 g/mol. The van der Waals surface area contributed by atoms with E-state index in [-0.39, 0.29) is 39.5 Å². The molecule has 0 bridgehead atoms. The van der Waals surface area contributed by atoms with E-state index in [4.69, 9.17) is 13.7 Å². The highest BCUT2D eigenvalue weighted by molar-refractivity contribution is 7.81. The molecule has 1 heterocycles. The van der Waals surface area contributed by atoms with Crippen molar-refractivity contribution in [3.63, 3.8) is 0 Å². The highest BCUT2D eigenvalue weighted by atomic mass is 32.3. The van der Waals surface area contributed by atoms with Crippen LogP contribution in [0.5, 0.6) is 0 Å². The monoisotopic (exact) mass is 501 g/mol. The molecule has 1 rings (SSSR count). The Morgan fingerprint density at radius 3 is 0.867 bits per heavy atom. The maximum absolute atomic E-state index is 10.7. The minimum Gasteiger partial charge on any atom is -0.298 e. The summed E-state index contributed by atoms with van der Waals surface area (Å²) in [4.78, 5) is 5.51. The van der Waals surface area contributed by atoms with E-state index in [9.17, 15) is 25.3 Å². The van der Waals surface area contributed by atoms with Gasteiger partial charge < -0.3 is 0 Å². The number of rotatable bonds is 12. The van der Waals surface area contributed by atoms with Crippen molar-refractivity contribution in [3.05, 3.63) is 0 Å². The molecular weight excluding hydrogens is 474 g/mol. The quantitative estimate of drug-likeness (QED) is 0.234. The van der Waals surface area contributed by atoms with Crippen molar-refractivity contribution in [2.24, 2.45) is 0 Å². The smallest absolute Gasteiger partial charge is 0.298 e. The van der Waals surface area contributed by atoms with Gasteiger partial charge in [-0.2, -0.15) is 25.3 Å². The Hall–Kier alpha value is -0.510. The fraction of sp³-hybridized carbons (Fsp3) is 1.00. The Balaban J connectivity index is 2.67. The SMILES string of the molecule is O=S(=O)(O)OCCN1CCN(CCOS(=O)(=O)O)CCN(CCOS(=O)(=O)O)CC1. The topological polar surface area (TPSA) is 201 Å². The number of hydrogen-bond acceptors (Lipinski definition) is 12. The molecule has 0 aromatic heterocycles. The molecule has 0 saturated carbocycles. The van der Waals surface area contributed by atoms with E-state index in [1.54, 1.807) is 0 Å². The number of nitrogens with zero attached hydrogens (tertiary/aromatic N) is 3. The Morgan fingerprint density at radius 2 is 0.700 bits per heavy atom. The van der Waals surface area contributed by atoms with Crippen LogP contribution in [-0.2, 0) is 43.7 Å². The van der Waals surface area contributed by atoms with Gasteiger partial charge in [-0.05, 0) is 0 Å². The molecule has 0 atom stereocenters. The second kappa shape index (κ2) is 12.5. The Bertz CT molecular complexity index is 695. The van der Waals surface area contributed by atoms with Crippen LogP contribution in [0.3, 0.4) is 0 Å². The summed E-state index contributed by atoms with van der Waals surface area (Å²) < 4.78 is 103. The van der Waals surface area contributed by atoms with E-state index >= 15 is 0 Å². The third-order valence-electron chi connectivity index (χ3n) is 4.12. The molecule has 0 amide bonds. The van der Waals surface area contributed by atoms with Crippen LogP contribution in [0.1, 0.15) is 0 Å². The van der Waals surface area contributed by atoms with E-state index in [1.807, 2.05) is 14.7 Å².